The molecule has 3 aromatic carbocycles. The number of ketones is 1. The van der Waals surface area contributed by atoms with Crippen LogP contribution in [0.5, 0.6) is 0 Å². The number of imidazole rings is 1. The number of Topliss-reactive ketones (excluding diaryl/α,β-unsaturated/α-hetero) is 1. The summed E-state index contributed by atoms with van der Waals surface area (Å²) in [6, 6.07) is 23.5. The molecule has 0 atom stereocenters. The number of amides is 1. The molecule has 1 amide bonds. The lowest BCUT2D eigenvalue weighted by Gasteiger charge is -2.34. The number of carbonyl (C=O) groups excluding carboxylic acids is 2. The monoisotopic (exact) mass is 550 g/mol. The fraction of sp³-hybridized carbons (Fsp3) is 0.182. The molecule has 0 saturated carbocycles. The Morgan fingerprint density at radius 2 is 1.27 bits per heavy atom. The number of piperazine rings is 1. The molecule has 0 bridgehead atoms. The molecule has 5 aromatic rings. The highest BCUT2D eigenvalue weighted by Gasteiger charge is 2.25. The molecule has 1 aliphatic heterocycles. The minimum Gasteiger partial charge on any atom is -0.336 e. The summed E-state index contributed by atoms with van der Waals surface area (Å²) in [5, 5.41) is 0. The molecule has 3 heterocycles. The maximum absolute atomic E-state index is 13.7. The third-order valence-corrected chi connectivity index (χ3v) is 7.58. The molecule has 206 valence electrons. The Bertz CT molecular complexity index is 1720. The van der Waals surface area contributed by atoms with Gasteiger partial charge in [-0.25, -0.2) is 13.8 Å². The minimum atomic E-state index is -0.368. The third kappa shape index (κ3) is 5.51. The Hall–Kier alpha value is -4.69. The van der Waals surface area contributed by atoms with Gasteiger partial charge in [0.25, 0.3) is 5.91 Å². The maximum atomic E-state index is 13.7. The number of rotatable bonds is 6. The van der Waals surface area contributed by atoms with E-state index in [-0.39, 0.29) is 23.3 Å². The van der Waals surface area contributed by atoms with Gasteiger partial charge in [-0.05, 0) is 78.7 Å². The predicted octanol–water partition coefficient (Wildman–Crippen LogP) is 6.11. The van der Waals surface area contributed by atoms with Crippen LogP contribution in [0.25, 0.3) is 28.0 Å². The van der Waals surface area contributed by atoms with E-state index in [9.17, 15) is 18.4 Å². The first-order valence-electron chi connectivity index (χ1n) is 13.5. The van der Waals surface area contributed by atoms with Crippen molar-refractivity contribution >= 4 is 17.3 Å². The zero-order chi connectivity index (χ0) is 28.5. The highest BCUT2D eigenvalue weighted by Crippen LogP contribution is 2.29. The number of aromatic nitrogens is 2. The van der Waals surface area contributed by atoms with Crippen molar-refractivity contribution in [3.8, 4) is 22.4 Å². The fourth-order valence-corrected chi connectivity index (χ4v) is 5.25. The summed E-state index contributed by atoms with van der Waals surface area (Å²) in [4.78, 5) is 33.6. The Morgan fingerprint density at radius 3 is 1.90 bits per heavy atom. The van der Waals surface area contributed by atoms with Crippen LogP contribution in [-0.2, 0) is 6.54 Å². The van der Waals surface area contributed by atoms with E-state index in [1.807, 2.05) is 42.6 Å². The van der Waals surface area contributed by atoms with Crippen LogP contribution in [0.3, 0.4) is 0 Å². The fourth-order valence-electron chi connectivity index (χ4n) is 5.25. The molecule has 6 rings (SSSR count). The molecular weight excluding hydrogens is 522 g/mol. The van der Waals surface area contributed by atoms with Gasteiger partial charge in [0, 0.05) is 55.6 Å². The van der Waals surface area contributed by atoms with E-state index >= 15 is 0 Å². The standard InChI is InChI=1S/C33H28F2N4O2/c1-22(40)23-2-4-24(5-3-23)27-10-15-31-36-32(25-6-11-28(34)12-7-25)30(39(31)20-27)21-37-16-18-38(19-17-37)33(41)26-8-13-29(35)14-9-26/h2-15,20H,16-19,21H2,1H3. The summed E-state index contributed by atoms with van der Waals surface area (Å²) in [5.41, 5.74) is 6.43. The molecule has 0 aliphatic carbocycles. The van der Waals surface area contributed by atoms with Gasteiger partial charge in [0.15, 0.2) is 5.78 Å². The van der Waals surface area contributed by atoms with E-state index in [4.69, 9.17) is 4.98 Å². The summed E-state index contributed by atoms with van der Waals surface area (Å²) in [6.45, 7) is 4.55. The molecule has 2 aromatic heterocycles. The van der Waals surface area contributed by atoms with Gasteiger partial charge in [0.05, 0.1) is 11.4 Å². The molecule has 1 fully saturated rings. The molecule has 0 spiro atoms. The van der Waals surface area contributed by atoms with Gasteiger partial charge in [0.1, 0.15) is 17.3 Å². The Kier molecular flexibility index (Phi) is 7.15. The lowest BCUT2D eigenvalue weighted by atomic mass is 10.0. The first-order chi connectivity index (χ1) is 19.9. The molecule has 0 radical (unpaired) electrons. The van der Waals surface area contributed by atoms with Crippen LogP contribution >= 0.6 is 0 Å². The molecule has 8 heteroatoms. The lowest BCUT2D eigenvalue weighted by Crippen LogP contribution is -2.48. The van der Waals surface area contributed by atoms with Crippen molar-refractivity contribution in [3.63, 3.8) is 0 Å². The van der Waals surface area contributed by atoms with Crippen LogP contribution in [0, 0.1) is 11.6 Å². The average molecular weight is 551 g/mol. The zero-order valence-electron chi connectivity index (χ0n) is 22.6. The van der Waals surface area contributed by atoms with Crippen LogP contribution in [-0.4, -0.2) is 57.1 Å². The van der Waals surface area contributed by atoms with Crippen LogP contribution in [0.15, 0.2) is 91.1 Å². The van der Waals surface area contributed by atoms with E-state index in [0.29, 0.717) is 43.9 Å². The number of halogens is 2. The molecule has 0 unspecified atom stereocenters. The number of hydrogen-bond donors (Lipinski definition) is 0. The molecule has 41 heavy (non-hydrogen) atoms. The van der Waals surface area contributed by atoms with Crippen LogP contribution in [0.4, 0.5) is 8.78 Å². The van der Waals surface area contributed by atoms with Crippen molar-refractivity contribution in [2.24, 2.45) is 0 Å². The summed E-state index contributed by atoms with van der Waals surface area (Å²) >= 11 is 0. The van der Waals surface area contributed by atoms with Crippen molar-refractivity contribution in [1.82, 2.24) is 19.2 Å². The van der Waals surface area contributed by atoms with Crippen LogP contribution in [0.1, 0.15) is 33.3 Å². The molecular formula is C33H28F2N4O2. The Morgan fingerprint density at radius 1 is 0.707 bits per heavy atom. The molecule has 6 nitrogen and oxygen atoms in total. The summed E-state index contributed by atoms with van der Waals surface area (Å²) in [7, 11) is 0. The van der Waals surface area contributed by atoms with Gasteiger partial charge in [-0.2, -0.15) is 0 Å². The van der Waals surface area contributed by atoms with Crippen molar-refractivity contribution in [1.29, 1.82) is 0 Å². The average Bonchev–Trinajstić information content (AvgIpc) is 3.35. The van der Waals surface area contributed by atoms with E-state index in [1.165, 1.54) is 36.4 Å². The lowest BCUT2D eigenvalue weighted by molar-refractivity contribution is 0.0626. The van der Waals surface area contributed by atoms with Crippen LogP contribution in [0.2, 0.25) is 0 Å². The van der Waals surface area contributed by atoms with Crippen molar-refractivity contribution < 1.29 is 18.4 Å². The minimum absolute atomic E-state index is 0.0206. The summed E-state index contributed by atoms with van der Waals surface area (Å²) in [6.07, 6.45) is 2.04. The summed E-state index contributed by atoms with van der Waals surface area (Å²) in [5.74, 6) is -0.760. The maximum Gasteiger partial charge on any atom is 0.253 e. The largest absolute Gasteiger partial charge is 0.336 e. The Balaban J connectivity index is 1.29. The predicted molar refractivity (Wildman–Crippen MR) is 154 cm³/mol. The van der Waals surface area contributed by atoms with E-state index in [0.717, 1.165) is 33.7 Å². The Labute approximate surface area is 236 Å². The first-order valence-corrected chi connectivity index (χ1v) is 13.5. The summed E-state index contributed by atoms with van der Waals surface area (Å²) < 4.78 is 29.1. The number of fused-ring (bicyclic) bond motifs is 1. The highest BCUT2D eigenvalue weighted by atomic mass is 19.1. The van der Waals surface area contributed by atoms with Gasteiger partial charge < -0.3 is 9.30 Å². The van der Waals surface area contributed by atoms with E-state index < -0.39 is 0 Å². The molecule has 1 aliphatic rings. The quantitative estimate of drug-likeness (QED) is 0.240. The van der Waals surface area contributed by atoms with Gasteiger partial charge in [0.2, 0.25) is 0 Å². The number of hydrogen-bond acceptors (Lipinski definition) is 4. The topological polar surface area (TPSA) is 57.9 Å². The van der Waals surface area contributed by atoms with Gasteiger partial charge in [-0.1, -0.05) is 24.3 Å². The first kappa shape index (κ1) is 26.5. The van der Waals surface area contributed by atoms with Gasteiger partial charge in [-0.3, -0.25) is 14.5 Å². The zero-order valence-corrected chi connectivity index (χ0v) is 22.6. The normalized spacial score (nSPS) is 14.0. The number of nitrogens with zero attached hydrogens (tertiary/aromatic N) is 4. The van der Waals surface area contributed by atoms with Crippen molar-refractivity contribution in [3.05, 3.63) is 120 Å². The second-order valence-corrected chi connectivity index (χ2v) is 10.3. The molecule has 0 N–H and O–H groups in total. The number of pyridine rings is 1. The molecule has 1 saturated heterocycles. The smallest absolute Gasteiger partial charge is 0.253 e. The van der Waals surface area contributed by atoms with Crippen LogP contribution < -0.4 is 0 Å². The van der Waals surface area contributed by atoms with Crippen molar-refractivity contribution in [2.75, 3.05) is 26.2 Å². The number of benzene rings is 3. The third-order valence-electron chi connectivity index (χ3n) is 7.58. The highest BCUT2D eigenvalue weighted by molar-refractivity contribution is 5.95. The van der Waals surface area contributed by atoms with Gasteiger partial charge >= 0.3 is 0 Å². The second kappa shape index (κ2) is 11.1. The van der Waals surface area contributed by atoms with Crippen molar-refractivity contribution in [2.45, 2.75) is 13.5 Å². The van der Waals surface area contributed by atoms with E-state index in [1.54, 1.807) is 24.0 Å². The number of carbonyl (C=O) groups is 2. The second-order valence-electron chi connectivity index (χ2n) is 10.3. The van der Waals surface area contributed by atoms with E-state index in [2.05, 4.69) is 9.30 Å². The van der Waals surface area contributed by atoms with Gasteiger partial charge in [-0.15, -0.1) is 0 Å². The SMILES string of the molecule is CC(=O)c1ccc(-c2ccc3nc(-c4ccc(F)cc4)c(CN4CCN(C(=O)c5ccc(F)cc5)CC4)n3c2)cc1.